The number of hydrogen-bond acceptors (Lipinski definition) is 3. The number of rotatable bonds is 1. The van der Waals surface area contributed by atoms with Crippen molar-refractivity contribution in [2.45, 2.75) is 32.1 Å². The van der Waals surface area contributed by atoms with Crippen molar-refractivity contribution in [3.05, 3.63) is 46.5 Å². The van der Waals surface area contributed by atoms with Crippen molar-refractivity contribution < 1.29 is 4.79 Å². The van der Waals surface area contributed by atoms with Crippen molar-refractivity contribution in [3.8, 4) is 11.8 Å². The summed E-state index contributed by atoms with van der Waals surface area (Å²) < 4.78 is 0. The first-order valence-electron chi connectivity index (χ1n) is 8.12. The fraction of sp³-hybridized carbons (Fsp3) is 0.421. The highest BCUT2D eigenvalue weighted by Crippen LogP contribution is 2.28. The van der Waals surface area contributed by atoms with Crippen LogP contribution < -0.4 is 5.32 Å². The predicted octanol–water partition coefficient (Wildman–Crippen LogP) is 3.11. The molecule has 1 saturated heterocycles. The molecule has 1 atom stereocenters. The van der Waals surface area contributed by atoms with Crippen LogP contribution in [0.2, 0.25) is 0 Å². The normalized spacial score (nSPS) is 21.2. The molecule has 0 bridgehead atoms. The summed E-state index contributed by atoms with van der Waals surface area (Å²) in [6, 6.07) is 8.15. The van der Waals surface area contributed by atoms with E-state index in [1.54, 1.807) is 0 Å². The number of carbonyl (C=O) groups is 1. The topological polar surface area (TPSA) is 32.3 Å². The fourth-order valence-electron chi connectivity index (χ4n) is 2.77. The Labute approximate surface area is 142 Å². The van der Waals surface area contributed by atoms with Crippen LogP contribution in [0.5, 0.6) is 0 Å². The van der Waals surface area contributed by atoms with E-state index in [0.717, 1.165) is 42.3 Å². The Morgan fingerprint density at radius 1 is 1.35 bits per heavy atom. The van der Waals surface area contributed by atoms with Crippen LogP contribution in [0, 0.1) is 24.7 Å². The first-order chi connectivity index (χ1) is 11.1. The maximum atomic E-state index is 12.5. The molecular weight excluding hydrogens is 304 g/mol. The molecule has 0 saturated carbocycles. The third kappa shape index (κ3) is 4.11. The number of nitrogens with one attached hydrogen (secondary N) is 1. The number of amides is 1. The van der Waals surface area contributed by atoms with E-state index in [-0.39, 0.29) is 11.3 Å². The second kappa shape index (κ2) is 7.14. The van der Waals surface area contributed by atoms with Gasteiger partial charge in [-0.3, -0.25) is 4.79 Å². The molecule has 0 aromatic heterocycles. The first kappa shape index (κ1) is 16.0. The van der Waals surface area contributed by atoms with E-state index in [0.29, 0.717) is 0 Å². The standard InChI is InChI=1S/C19H22N2OS/c1-14-8-10-21(11-9-14)19(22)17-13-20-18(23-17)7-6-16-5-3-4-15(2)12-16/h3-5,12-14,18,20H,8-11H2,1-2H3. The van der Waals surface area contributed by atoms with E-state index in [1.165, 1.54) is 17.3 Å². The van der Waals surface area contributed by atoms with Gasteiger partial charge in [0.25, 0.3) is 5.91 Å². The fourth-order valence-corrected chi connectivity index (χ4v) is 3.64. The van der Waals surface area contributed by atoms with Gasteiger partial charge in [-0.1, -0.05) is 42.7 Å². The number of likely N-dealkylation sites (tertiary alicyclic amines) is 1. The SMILES string of the molecule is Cc1cccc(C#CC2NC=C(C(=O)N3CCC(C)CC3)S2)c1. The van der Waals surface area contributed by atoms with Crippen LogP contribution in [0.25, 0.3) is 0 Å². The number of thioether (sulfide) groups is 1. The number of carbonyl (C=O) groups excluding carboxylic acids is 1. The van der Waals surface area contributed by atoms with Crippen molar-refractivity contribution in [3.63, 3.8) is 0 Å². The number of aryl methyl sites for hydroxylation is 1. The van der Waals surface area contributed by atoms with Crippen LogP contribution in [-0.4, -0.2) is 29.3 Å². The third-order valence-corrected chi connectivity index (χ3v) is 5.29. The molecule has 0 aliphatic carbocycles. The quantitative estimate of drug-likeness (QED) is 0.805. The first-order valence-corrected chi connectivity index (χ1v) is 9.00. The molecule has 1 aromatic rings. The zero-order valence-electron chi connectivity index (χ0n) is 13.6. The van der Waals surface area contributed by atoms with Gasteiger partial charge >= 0.3 is 0 Å². The van der Waals surface area contributed by atoms with Crippen LogP contribution >= 0.6 is 11.8 Å². The third-order valence-electron chi connectivity index (χ3n) is 4.26. The van der Waals surface area contributed by atoms with E-state index in [4.69, 9.17) is 0 Å². The molecule has 1 unspecified atom stereocenters. The molecular formula is C19H22N2OS. The lowest BCUT2D eigenvalue weighted by molar-refractivity contribution is -0.127. The van der Waals surface area contributed by atoms with Gasteiger partial charge in [0.15, 0.2) is 0 Å². The summed E-state index contributed by atoms with van der Waals surface area (Å²) >= 11 is 1.52. The summed E-state index contributed by atoms with van der Waals surface area (Å²) in [5.74, 6) is 7.26. The van der Waals surface area contributed by atoms with Crippen LogP contribution in [0.3, 0.4) is 0 Å². The molecule has 0 spiro atoms. The van der Waals surface area contributed by atoms with E-state index < -0.39 is 0 Å². The molecule has 1 fully saturated rings. The molecule has 2 aliphatic rings. The zero-order valence-corrected chi connectivity index (χ0v) is 14.5. The molecule has 23 heavy (non-hydrogen) atoms. The molecule has 1 N–H and O–H groups in total. The lowest BCUT2D eigenvalue weighted by Gasteiger charge is -2.30. The van der Waals surface area contributed by atoms with E-state index in [2.05, 4.69) is 43.1 Å². The Morgan fingerprint density at radius 3 is 2.87 bits per heavy atom. The summed E-state index contributed by atoms with van der Waals surface area (Å²) in [4.78, 5) is 15.3. The maximum absolute atomic E-state index is 12.5. The van der Waals surface area contributed by atoms with Gasteiger partial charge in [-0.05, 0) is 43.4 Å². The average Bonchev–Trinajstić information content (AvgIpc) is 3.02. The van der Waals surface area contributed by atoms with Gasteiger partial charge < -0.3 is 10.2 Å². The van der Waals surface area contributed by atoms with Crippen molar-refractivity contribution in [1.29, 1.82) is 0 Å². The maximum Gasteiger partial charge on any atom is 0.261 e. The minimum atomic E-state index is -0.0434. The Bertz CT molecular complexity index is 678. The smallest absolute Gasteiger partial charge is 0.261 e. The van der Waals surface area contributed by atoms with Crippen molar-refractivity contribution >= 4 is 17.7 Å². The minimum absolute atomic E-state index is 0.0434. The Morgan fingerprint density at radius 2 is 2.13 bits per heavy atom. The highest BCUT2D eigenvalue weighted by molar-refractivity contribution is 8.05. The number of hydrogen-bond donors (Lipinski definition) is 1. The van der Waals surface area contributed by atoms with Crippen molar-refractivity contribution in [2.24, 2.45) is 5.92 Å². The van der Waals surface area contributed by atoms with E-state index in [1.807, 2.05) is 23.2 Å². The highest BCUT2D eigenvalue weighted by Gasteiger charge is 2.27. The van der Waals surface area contributed by atoms with Gasteiger partial charge in [-0.2, -0.15) is 0 Å². The number of benzene rings is 1. The second-order valence-corrected chi connectivity index (χ2v) is 7.43. The zero-order chi connectivity index (χ0) is 16.2. The molecule has 3 rings (SSSR count). The molecule has 2 heterocycles. The molecule has 3 nitrogen and oxygen atoms in total. The highest BCUT2D eigenvalue weighted by atomic mass is 32.2. The summed E-state index contributed by atoms with van der Waals surface area (Å²) in [6.07, 6.45) is 4.03. The molecule has 1 aromatic carbocycles. The summed E-state index contributed by atoms with van der Waals surface area (Å²) in [7, 11) is 0. The molecule has 120 valence electrons. The van der Waals surface area contributed by atoms with Gasteiger partial charge in [-0.25, -0.2) is 0 Å². The summed E-state index contributed by atoms with van der Waals surface area (Å²) in [6.45, 7) is 6.06. The van der Waals surface area contributed by atoms with Gasteiger partial charge in [0.1, 0.15) is 5.37 Å². The van der Waals surface area contributed by atoms with Crippen LogP contribution in [0.15, 0.2) is 35.4 Å². The van der Waals surface area contributed by atoms with Crippen molar-refractivity contribution in [1.82, 2.24) is 10.2 Å². The van der Waals surface area contributed by atoms with Gasteiger partial charge in [0, 0.05) is 24.9 Å². The lowest BCUT2D eigenvalue weighted by atomic mass is 9.99. The minimum Gasteiger partial charge on any atom is -0.368 e. The Kier molecular flexibility index (Phi) is 4.97. The summed E-state index contributed by atoms with van der Waals surface area (Å²) in [5, 5.41) is 3.16. The van der Waals surface area contributed by atoms with Crippen molar-refractivity contribution in [2.75, 3.05) is 13.1 Å². The molecule has 0 radical (unpaired) electrons. The van der Waals surface area contributed by atoms with Crippen LogP contribution in [0.4, 0.5) is 0 Å². The predicted molar refractivity (Wildman–Crippen MR) is 95.6 cm³/mol. The monoisotopic (exact) mass is 326 g/mol. The average molecular weight is 326 g/mol. The van der Waals surface area contributed by atoms with E-state index in [9.17, 15) is 4.79 Å². The van der Waals surface area contributed by atoms with E-state index >= 15 is 0 Å². The second-order valence-electron chi connectivity index (χ2n) is 6.29. The molecule has 1 amide bonds. The lowest BCUT2D eigenvalue weighted by Crippen LogP contribution is -2.38. The molecule has 2 aliphatic heterocycles. The Hall–Kier alpha value is -1.86. The van der Waals surface area contributed by atoms with Gasteiger partial charge in [0.05, 0.1) is 4.91 Å². The number of nitrogens with zero attached hydrogens (tertiary/aromatic N) is 1. The van der Waals surface area contributed by atoms with Crippen LogP contribution in [-0.2, 0) is 4.79 Å². The van der Waals surface area contributed by atoms with Crippen LogP contribution in [0.1, 0.15) is 30.9 Å². The van der Waals surface area contributed by atoms with Gasteiger partial charge in [-0.15, -0.1) is 0 Å². The summed E-state index contributed by atoms with van der Waals surface area (Å²) in [5.41, 5.74) is 2.22. The van der Waals surface area contributed by atoms with Gasteiger partial charge in [0.2, 0.25) is 0 Å². The largest absolute Gasteiger partial charge is 0.368 e. The molecule has 4 heteroatoms. The number of piperidine rings is 1. The Balaban J connectivity index is 1.57.